The highest BCUT2D eigenvalue weighted by Gasteiger charge is 2.14. The molecule has 2 aromatic heterocycles. The number of benzene rings is 8. The number of hydrogen-bond donors (Lipinski definition) is 0. The maximum absolute atomic E-state index is 6.36. The van der Waals surface area contributed by atoms with Crippen LogP contribution >= 0.6 is 0 Å². The molecule has 0 atom stereocenters. The molecule has 10 rings (SSSR count). The van der Waals surface area contributed by atoms with Gasteiger partial charge in [-0.2, -0.15) is 0 Å². The average molecular weight is 572 g/mol. The van der Waals surface area contributed by atoms with Gasteiger partial charge in [-0.1, -0.05) is 109 Å². The zero-order chi connectivity index (χ0) is 29.5. The minimum atomic E-state index is 0.894. The molecule has 0 unspecified atom stereocenters. The number of nitrogens with zero attached hydrogens (tertiary/aromatic N) is 1. The maximum atomic E-state index is 6.36. The molecule has 0 bridgehead atoms. The molecule has 0 spiro atoms. The van der Waals surface area contributed by atoms with Gasteiger partial charge in [0.25, 0.3) is 0 Å². The molecule has 8 aromatic carbocycles. The number of pyridine rings is 1. The zero-order valence-corrected chi connectivity index (χ0v) is 24.3. The lowest BCUT2D eigenvalue weighted by molar-refractivity contribution is 0.669. The van der Waals surface area contributed by atoms with Crippen LogP contribution in [-0.2, 0) is 0 Å². The summed E-state index contributed by atoms with van der Waals surface area (Å²) in [4.78, 5) is 4.78. The van der Waals surface area contributed by atoms with Crippen molar-refractivity contribution >= 4 is 75.9 Å². The summed E-state index contributed by atoms with van der Waals surface area (Å²) in [5, 5.41) is 13.5. The van der Waals surface area contributed by atoms with Crippen LogP contribution in [0.2, 0.25) is 0 Å². The Labute approximate surface area is 258 Å². The molecule has 0 saturated heterocycles. The summed E-state index contributed by atoms with van der Waals surface area (Å²) < 4.78 is 6.36. The van der Waals surface area contributed by atoms with Crippen molar-refractivity contribution in [1.82, 2.24) is 4.98 Å². The first-order valence-corrected chi connectivity index (χ1v) is 15.4. The Bertz CT molecular complexity index is 2790. The van der Waals surface area contributed by atoms with E-state index in [1.165, 1.54) is 59.8 Å². The number of hydrogen-bond acceptors (Lipinski definition) is 2. The molecule has 208 valence electrons. The monoisotopic (exact) mass is 571 g/mol. The fourth-order valence-corrected chi connectivity index (χ4v) is 7.37. The molecule has 0 aliphatic carbocycles. The predicted octanol–water partition coefficient (Wildman–Crippen LogP) is 12.1. The topological polar surface area (TPSA) is 26.0 Å². The van der Waals surface area contributed by atoms with Gasteiger partial charge in [0.1, 0.15) is 11.2 Å². The standard InChI is InChI=1S/C43H25NO/c1-2-11-34-32(9-1)33-10-3-4-12-35(33)37-23-28(16-19-36(34)37)29-17-20-40-38(24-29)39-25-30(18-21-41(39)45-40)31-13-5-7-26-14-15-27-8-6-22-44-43(27)42(26)31/h1-25H. The molecule has 0 radical (unpaired) electrons. The van der Waals surface area contributed by atoms with E-state index in [1.807, 2.05) is 12.3 Å². The SMILES string of the molecule is c1cnc2c(c1)ccc1cccc(-c3ccc4oc5ccc(-c6ccc7c8ccccc8c8ccccc8c7c6)cc5c4c3)c12. The van der Waals surface area contributed by atoms with Crippen molar-refractivity contribution in [2.24, 2.45) is 0 Å². The highest BCUT2D eigenvalue weighted by molar-refractivity contribution is 6.26. The number of aromatic nitrogens is 1. The maximum Gasteiger partial charge on any atom is 0.135 e. The van der Waals surface area contributed by atoms with E-state index < -0.39 is 0 Å². The van der Waals surface area contributed by atoms with E-state index in [9.17, 15) is 0 Å². The van der Waals surface area contributed by atoms with Gasteiger partial charge in [0.2, 0.25) is 0 Å². The lowest BCUT2D eigenvalue weighted by Gasteiger charge is -2.12. The molecular formula is C43H25NO. The highest BCUT2D eigenvalue weighted by Crippen LogP contribution is 2.40. The minimum Gasteiger partial charge on any atom is -0.456 e. The van der Waals surface area contributed by atoms with Gasteiger partial charge in [-0.05, 0) is 96.4 Å². The minimum absolute atomic E-state index is 0.894. The number of fused-ring (bicyclic) bond motifs is 12. The average Bonchev–Trinajstić information content (AvgIpc) is 3.48. The van der Waals surface area contributed by atoms with Crippen LogP contribution in [0.25, 0.3) is 98.2 Å². The first kappa shape index (κ1) is 24.5. The van der Waals surface area contributed by atoms with E-state index in [-0.39, 0.29) is 0 Å². The smallest absolute Gasteiger partial charge is 0.135 e. The van der Waals surface area contributed by atoms with Crippen LogP contribution in [0.3, 0.4) is 0 Å². The van der Waals surface area contributed by atoms with E-state index in [0.29, 0.717) is 0 Å². The van der Waals surface area contributed by atoms with Crippen LogP contribution < -0.4 is 0 Å². The second-order valence-corrected chi connectivity index (χ2v) is 11.9. The van der Waals surface area contributed by atoms with Crippen molar-refractivity contribution in [3.63, 3.8) is 0 Å². The quantitative estimate of drug-likeness (QED) is 0.193. The first-order chi connectivity index (χ1) is 22.3. The molecule has 0 N–H and O–H groups in total. The molecular weight excluding hydrogens is 546 g/mol. The molecule has 2 nitrogen and oxygen atoms in total. The summed E-state index contributed by atoms with van der Waals surface area (Å²) in [7, 11) is 0. The lowest BCUT2D eigenvalue weighted by atomic mass is 9.92. The van der Waals surface area contributed by atoms with E-state index in [0.717, 1.165) is 38.4 Å². The van der Waals surface area contributed by atoms with Crippen molar-refractivity contribution in [2.45, 2.75) is 0 Å². The van der Waals surface area contributed by atoms with E-state index in [1.54, 1.807) is 0 Å². The Balaban J connectivity index is 1.18. The van der Waals surface area contributed by atoms with E-state index in [4.69, 9.17) is 9.40 Å². The third-order valence-electron chi connectivity index (χ3n) is 9.47. The van der Waals surface area contributed by atoms with Gasteiger partial charge in [0.05, 0.1) is 5.52 Å². The second kappa shape index (κ2) is 9.25. The second-order valence-electron chi connectivity index (χ2n) is 11.9. The molecule has 0 fully saturated rings. The Kier molecular flexibility index (Phi) is 5.03. The van der Waals surface area contributed by atoms with Gasteiger partial charge >= 0.3 is 0 Å². The summed E-state index contributed by atoms with van der Waals surface area (Å²) in [6.45, 7) is 0. The highest BCUT2D eigenvalue weighted by atomic mass is 16.3. The van der Waals surface area contributed by atoms with Crippen molar-refractivity contribution in [2.75, 3.05) is 0 Å². The fourth-order valence-electron chi connectivity index (χ4n) is 7.37. The molecule has 10 aromatic rings. The number of rotatable bonds is 2. The number of furan rings is 1. The molecule has 0 aliphatic rings. The van der Waals surface area contributed by atoms with Crippen molar-refractivity contribution < 1.29 is 4.42 Å². The van der Waals surface area contributed by atoms with Gasteiger partial charge in [-0.15, -0.1) is 0 Å². The zero-order valence-electron chi connectivity index (χ0n) is 24.3. The van der Waals surface area contributed by atoms with Gasteiger partial charge in [-0.3, -0.25) is 4.98 Å². The largest absolute Gasteiger partial charge is 0.456 e. The van der Waals surface area contributed by atoms with Crippen molar-refractivity contribution in [3.8, 4) is 22.3 Å². The summed E-state index contributed by atoms with van der Waals surface area (Å²) in [5.41, 5.74) is 7.53. The summed E-state index contributed by atoms with van der Waals surface area (Å²) in [6.07, 6.45) is 1.88. The Hall–Kier alpha value is -5.99. The van der Waals surface area contributed by atoms with Crippen LogP contribution in [0.1, 0.15) is 0 Å². The molecule has 45 heavy (non-hydrogen) atoms. The predicted molar refractivity (Wildman–Crippen MR) is 190 cm³/mol. The summed E-state index contributed by atoms with van der Waals surface area (Å²) in [5.74, 6) is 0. The Morgan fingerprint density at radius 3 is 1.67 bits per heavy atom. The summed E-state index contributed by atoms with van der Waals surface area (Å²) in [6, 6.07) is 52.5. The Morgan fingerprint density at radius 1 is 0.378 bits per heavy atom. The lowest BCUT2D eigenvalue weighted by Crippen LogP contribution is -1.86. The van der Waals surface area contributed by atoms with Crippen LogP contribution in [-0.4, -0.2) is 4.98 Å². The summed E-state index contributed by atoms with van der Waals surface area (Å²) >= 11 is 0. The first-order valence-electron chi connectivity index (χ1n) is 15.4. The van der Waals surface area contributed by atoms with E-state index >= 15 is 0 Å². The molecule has 2 heterocycles. The molecule has 2 heteroatoms. The van der Waals surface area contributed by atoms with Crippen molar-refractivity contribution in [1.29, 1.82) is 0 Å². The third kappa shape index (κ3) is 3.60. The Morgan fingerprint density at radius 2 is 0.933 bits per heavy atom. The third-order valence-corrected chi connectivity index (χ3v) is 9.47. The van der Waals surface area contributed by atoms with Gasteiger partial charge in [-0.25, -0.2) is 0 Å². The molecule has 0 aliphatic heterocycles. The van der Waals surface area contributed by atoms with E-state index in [2.05, 4.69) is 140 Å². The van der Waals surface area contributed by atoms with Crippen LogP contribution in [0.15, 0.2) is 156 Å². The van der Waals surface area contributed by atoms with Crippen LogP contribution in [0, 0.1) is 0 Å². The molecule has 0 saturated carbocycles. The van der Waals surface area contributed by atoms with Gasteiger partial charge in [0, 0.05) is 27.7 Å². The van der Waals surface area contributed by atoms with Crippen LogP contribution in [0.4, 0.5) is 0 Å². The molecule has 0 amide bonds. The van der Waals surface area contributed by atoms with Gasteiger partial charge in [0.15, 0.2) is 0 Å². The van der Waals surface area contributed by atoms with Gasteiger partial charge < -0.3 is 4.42 Å². The normalized spacial score (nSPS) is 12.0. The fraction of sp³-hybridized carbons (Fsp3) is 0. The van der Waals surface area contributed by atoms with Crippen LogP contribution in [0.5, 0.6) is 0 Å². The van der Waals surface area contributed by atoms with Crippen molar-refractivity contribution in [3.05, 3.63) is 152 Å².